The van der Waals surface area contributed by atoms with E-state index in [-0.39, 0.29) is 22.4 Å². The number of carboxylic acids is 1. The number of rotatable bonds is 7. The molecule has 1 aromatic heterocycles. The third-order valence-corrected chi connectivity index (χ3v) is 7.52. The molecule has 1 aliphatic rings. The van der Waals surface area contributed by atoms with Crippen molar-refractivity contribution in [1.82, 2.24) is 4.98 Å². The molecular weight excluding hydrogens is 457 g/mol. The number of nitrogens with zero attached hydrogens (tertiary/aromatic N) is 2. The minimum absolute atomic E-state index is 0.190. The summed E-state index contributed by atoms with van der Waals surface area (Å²) in [5.41, 5.74) is 8.92. The van der Waals surface area contributed by atoms with E-state index < -0.39 is 11.8 Å². The molecule has 0 fully saturated rings. The van der Waals surface area contributed by atoms with Gasteiger partial charge in [0.1, 0.15) is 5.82 Å². The first kappa shape index (κ1) is 25.2. The minimum atomic E-state index is -1.24. The number of nitrogens with two attached hydrogens (primary N) is 1. The van der Waals surface area contributed by atoms with Crippen LogP contribution >= 0.6 is 23.1 Å². The molecule has 0 saturated heterocycles. The highest BCUT2D eigenvalue weighted by Gasteiger charge is 2.26. The van der Waals surface area contributed by atoms with Crippen LogP contribution in [0, 0.1) is 11.2 Å². The normalized spacial score (nSPS) is 17.1. The quantitative estimate of drug-likeness (QED) is 0.327. The highest BCUT2D eigenvalue weighted by Crippen LogP contribution is 2.44. The summed E-state index contributed by atoms with van der Waals surface area (Å²) in [4.78, 5) is 21.4. The van der Waals surface area contributed by atoms with Crippen LogP contribution in [0.1, 0.15) is 65.1 Å². The maximum absolute atomic E-state index is 13.9. The molecule has 176 valence electrons. The third kappa shape index (κ3) is 6.32. The lowest BCUT2D eigenvalue weighted by Gasteiger charge is -2.28. The van der Waals surface area contributed by atoms with Crippen LogP contribution in [0.2, 0.25) is 0 Å². The molecule has 8 heteroatoms. The molecule has 3 rings (SSSR count). The van der Waals surface area contributed by atoms with Crippen molar-refractivity contribution in [1.29, 1.82) is 0 Å². The summed E-state index contributed by atoms with van der Waals surface area (Å²) < 4.78 is 14.9. The van der Waals surface area contributed by atoms with E-state index in [9.17, 15) is 14.3 Å². The molecule has 0 aliphatic heterocycles. The number of carbonyl (C=O) groups is 1. The molecule has 0 unspecified atom stereocenters. The average molecular weight is 488 g/mol. The SMILES string of the molecule is CC(N)=C(C(=Nc1nc(C2=CCC(C)(C)CC2)c(SC(C)C)s1)C(=O)O)c1cccc(F)c1. The van der Waals surface area contributed by atoms with Gasteiger partial charge in [-0.25, -0.2) is 19.2 Å². The van der Waals surface area contributed by atoms with Crippen LogP contribution in [0.15, 0.2) is 45.2 Å². The fourth-order valence-corrected chi connectivity index (χ4v) is 6.06. The Balaban J connectivity index is 2.10. The fraction of sp³-hybridized carbons (Fsp3) is 0.400. The van der Waals surface area contributed by atoms with Gasteiger partial charge in [0.25, 0.3) is 0 Å². The summed E-state index contributed by atoms with van der Waals surface area (Å²) in [6, 6.07) is 5.69. The van der Waals surface area contributed by atoms with Gasteiger partial charge in [-0.15, -0.1) is 11.8 Å². The Hall–Kier alpha value is -2.45. The van der Waals surface area contributed by atoms with E-state index in [1.54, 1.807) is 24.8 Å². The van der Waals surface area contributed by atoms with Gasteiger partial charge in [0, 0.05) is 16.5 Å². The van der Waals surface area contributed by atoms with Crippen molar-refractivity contribution in [3.8, 4) is 0 Å². The molecule has 0 saturated carbocycles. The summed E-state index contributed by atoms with van der Waals surface area (Å²) in [6.07, 6.45) is 5.22. The maximum atomic E-state index is 13.9. The molecule has 33 heavy (non-hydrogen) atoms. The van der Waals surface area contributed by atoms with Crippen LogP contribution in [-0.2, 0) is 4.79 Å². The summed E-state index contributed by atoms with van der Waals surface area (Å²) in [7, 11) is 0. The van der Waals surface area contributed by atoms with Gasteiger partial charge in [-0.1, -0.05) is 57.2 Å². The number of halogens is 1. The molecule has 0 atom stereocenters. The molecule has 5 nitrogen and oxygen atoms in total. The molecule has 0 amide bonds. The molecule has 0 spiro atoms. The van der Waals surface area contributed by atoms with E-state index in [2.05, 4.69) is 38.8 Å². The Morgan fingerprint density at radius 1 is 1.36 bits per heavy atom. The Morgan fingerprint density at radius 3 is 2.64 bits per heavy atom. The third-order valence-electron chi connectivity index (χ3n) is 5.36. The smallest absolute Gasteiger partial charge is 0.355 e. The van der Waals surface area contributed by atoms with E-state index in [4.69, 9.17) is 10.7 Å². The molecular formula is C25H30FN3O2S2. The standard InChI is InChI=1S/C25H30FN3O2S2/c1-14(2)32-23-20(16-9-11-25(4,5)12-10-16)28-24(33-23)29-21(22(30)31)19(15(3)27)17-7-6-8-18(26)13-17/h6-9,13-14H,10-12,27H2,1-5H3,(H,30,31). The van der Waals surface area contributed by atoms with Gasteiger partial charge < -0.3 is 10.8 Å². The second kappa shape index (κ2) is 10.2. The van der Waals surface area contributed by atoms with Crippen molar-refractivity contribution in [3.63, 3.8) is 0 Å². The molecule has 1 aliphatic carbocycles. The summed E-state index contributed by atoms with van der Waals surface area (Å²) in [6.45, 7) is 10.3. The van der Waals surface area contributed by atoms with Crippen molar-refractivity contribution >= 4 is 51.1 Å². The van der Waals surface area contributed by atoms with Crippen LogP contribution in [0.5, 0.6) is 0 Å². The van der Waals surface area contributed by atoms with Crippen molar-refractivity contribution in [2.45, 2.75) is 63.3 Å². The minimum Gasteiger partial charge on any atom is -0.476 e. The van der Waals surface area contributed by atoms with Crippen LogP contribution in [0.3, 0.4) is 0 Å². The van der Waals surface area contributed by atoms with Crippen LogP contribution in [0.4, 0.5) is 9.52 Å². The Bertz CT molecular complexity index is 1140. The van der Waals surface area contributed by atoms with E-state index in [0.717, 1.165) is 29.2 Å². The topological polar surface area (TPSA) is 88.6 Å². The fourth-order valence-electron chi connectivity index (χ4n) is 3.63. The number of aromatic nitrogens is 1. The van der Waals surface area contributed by atoms with E-state index >= 15 is 0 Å². The second-order valence-electron chi connectivity index (χ2n) is 9.23. The van der Waals surface area contributed by atoms with E-state index in [1.807, 2.05) is 0 Å². The number of thiazole rings is 1. The average Bonchev–Trinajstić information content (AvgIpc) is 3.08. The molecule has 1 aromatic carbocycles. The first-order chi connectivity index (χ1) is 15.5. The highest BCUT2D eigenvalue weighted by molar-refractivity contribution is 8.01. The summed E-state index contributed by atoms with van der Waals surface area (Å²) in [5.74, 6) is -1.72. The second-order valence-corrected chi connectivity index (χ2v) is 12.1. The molecule has 3 N–H and O–H groups in total. The molecule has 0 radical (unpaired) electrons. The number of carboxylic acid groups (broad SMARTS) is 1. The van der Waals surface area contributed by atoms with Crippen molar-refractivity contribution in [2.24, 2.45) is 16.1 Å². The van der Waals surface area contributed by atoms with Gasteiger partial charge in [-0.3, -0.25) is 0 Å². The number of thioether (sulfide) groups is 1. The molecule has 1 heterocycles. The van der Waals surface area contributed by atoms with Gasteiger partial charge in [-0.2, -0.15) is 0 Å². The lowest BCUT2D eigenvalue weighted by atomic mass is 9.78. The number of hydrogen-bond acceptors (Lipinski definition) is 6. The highest BCUT2D eigenvalue weighted by atomic mass is 32.2. The first-order valence-electron chi connectivity index (χ1n) is 10.9. The van der Waals surface area contributed by atoms with Crippen molar-refractivity contribution in [2.75, 3.05) is 0 Å². The molecule has 2 aromatic rings. The number of hydrogen-bond donors (Lipinski definition) is 2. The monoisotopic (exact) mass is 487 g/mol. The Kier molecular flexibility index (Phi) is 7.80. The van der Waals surface area contributed by atoms with Crippen LogP contribution in [-0.4, -0.2) is 27.0 Å². The zero-order valence-electron chi connectivity index (χ0n) is 19.6. The molecule has 0 bridgehead atoms. The van der Waals surface area contributed by atoms with Gasteiger partial charge in [0.2, 0.25) is 5.13 Å². The maximum Gasteiger partial charge on any atom is 0.355 e. The zero-order valence-corrected chi connectivity index (χ0v) is 21.2. The largest absolute Gasteiger partial charge is 0.476 e. The van der Waals surface area contributed by atoms with Crippen molar-refractivity contribution in [3.05, 3.63) is 53.1 Å². The van der Waals surface area contributed by atoms with Crippen LogP contribution in [0.25, 0.3) is 11.1 Å². The lowest BCUT2D eigenvalue weighted by Crippen LogP contribution is -2.18. The summed E-state index contributed by atoms with van der Waals surface area (Å²) >= 11 is 3.08. The van der Waals surface area contributed by atoms with Gasteiger partial charge in [0.05, 0.1) is 9.90 Å². The summed E-state index contributed by atoms with van der Waals surface area (Å²) in [5, 5.41) is 10.7. The van der Waals surface area contributed by atoms with Crippen LogP contribution < -0.4 is 5.73 Å². The van der Waals surface area contributed by atoms with Crippen molar-refractivity contribution < 1.29 is 14.3 Å². The van der Waals surface area contributed by atoms with E-state index in [0.29, 0.717) is 15.9 Å². The number of aliphatic carboxylic acids is 1. The predicted molar refractivity (Wildman–Crippen MR) is 137 cm³/mol. The van der Waals surface area contributed by atoms with Gasteiger partial charge in [-0.05, 0) is 54.9 Å². The first-order valence-corrected chi connectivity index (χ1v) is 12.6. The van der Waals surface area contributed by atoms with Gasteiger partial charge >= 0.3 is 5.97 Å². The van der Waals surface area contributed by atoms with Gasteiger partial charge in [0.15, 0.2) is 5.71 Å². The Morgan fingerprint density at radius 2 is 2.09 bits per heavy atom. The number of benzene rings is 1. The predicted octanol–water partition coefficient (Wildman–Crippen LogP) is 6.92. The Labute approximate surface area is 202 Å². The zero-order chi connectivity index (χ0) is 24.3. The van der Waals surface area contributed by atoms with E-state index in [1.165, 1.54) is 35.1 Å². The lowest BCUT2D eigenvalue weighted by molar-refractivity contribution is -0.129. The number of aliphatic imine (C=N–C) groups is 1. The number of allylic oxidation sites excluding steroid dienone is 3.